The predicted octanol–water partition coefficient (Wildman–Crippen LogP) is 0.525. The van der Waals surface area contributed by atoms with Gasteiger partial charge in [0.25, 0.3) is 0 Å². The van der Waals surface area contributed by atoms with Crippen molar-refractivity contribution in [1.82, 2.24) is 9.38 Å². The summed E-state index contributed by atoms with van der Waals surface area (Å²) < 4.78 is 1.44. The number of nitrogens with zero attached hydrogens (tertiary/aromatic N) is 2. The van der Waals surface area contributed by atoms with E-state index in [1.54, 1.807) is 24.4 Å². The van der Waals surface area contributed by atoms with Gasteiger partial charge in [0, 0.05) is 6.20 Å². The first-order valence-electron chi connectivity index (χ1n) is 4.04. The highest BCUT2D eigenvalue weighted by Gasteiger charge is 2.14. The number of fused-ring (bicyclic) bond motifs is 1. The van der Waals surface area contributed by atoms with E-state index in [1.165, 1.54) is 4.40 Å². The Morgan fingerprint density at radius 2 is 2.29 bits per heavy atom. The van der Waals surface area contributed by atoms with Gasteiger partial charge in [0.1, 0.15) is 0 Å². The molecule has 0 bridgehead atoms. The smallest absolute Gasteiger partial charge is 0.372 e. The van der Waals surface area contributed by atoms with E-state index in [9.17, 15) is 4.79 Å². The topological polar surface area (TPSA) is 74.8 Å². The maximum absolute atomic E-state index is 10.8. The summed E-state index contributed by atoms with van der Waals surface area (Å²) in [6.45, 7) is -0.263. The summed E-state index contributed by atoms with van der Waals surface area (Å²) in [4.78, 5) is 14.6. The minimum atomic E-state index is -1.11. The molecule has 5 heteroatoms. The van der Waals surface area contributed by atoms with Gasteiger partial charge in [0.15, 0.2) is 0 Å². The van der Waals surface area contributed by atoms with Crippen molar-refractivity contribution >= 4 is 11.5 Å². The van der Waals surface area contributed by atoms with Gasteiger partial charge in [-0.3, -0.25) is 4.40 Å². The average Bonchev–Trinajstić information content (AvgIpc) is 2.56. The molecule has 72 valence electrons. The molecule has 0 saturated heterocycles. The molecule has 0 saturated carbocycles. The Bertz CT molecular complexity index is 490. The number of carboxylic acids is 1. The number of hydrogen-bond donors (Lipinski definition) is 2. The Labute approximate surface area is 79.2 Å². The second kappa shape index (κ2) is 3.12. The van der Waals surface area contributed by atoms with Crippen LogP contribution in [0.3, 0.4) is 0 Å². The minimum absolute atomic E-state index is 0.0790. The Morgan fingerprint density at radius 1 is 1.50 bits per heavy atom. The number of aromatic nitrogens is 2. The first kappa shape index (κ1) is 8.71. The maximum atomic E-state index is 10.8. The lowest BCUT2D eigenvalue weighted by molar-refractivity contribution is 0.0682. The van der Waals surface area contributed by atoms with Gasteiger partial charge in [-0.15, -0.1) is 0 Å². The number of hydrogen-bond acceptors (Lipinski definition) is 3. The summed E-state index contributed by atoms with van der Waals surface area (Å²) in [5.74, 6) is -1.18. The number of carbonyl (C=O) groups is 1. The first-order chi connectivity index (χ1) is 6.74. The summed E-state index contributed by atoms with van der Waals surface area (Å²) in [7, 11) is 0. The lowest BCUT2D eigenvalue weighted by Crippen LogP contribution is -2.02. The van der Waals surface area contributed by atoms with E-state index in [4.69, 9.17) is 10.2 Å². The Balaban J connectivity index is 2.80. The van der Waals surface area contributed by atoms with E-state index in [1.807, 2.05) is 0 Å². The number of rotatable bonds is 2. The van der Waals surface area contributed by atoms with Crippen molar-refractivity contribution in [3.8, 4) is 0 Å². The fraction of sp³-hybridized carbons (Fsp3) is 0.111. The summed E-state index contributed by atoms with van der Waals surface area (Å²) in [6, 6.07) is 5.19. The number of imidazole rings is 1. The molecule has 0 aliphatic rings. The number of aliphatic hydroxyl groups excluding tert-OH is 1. The molecule has 2 aromatic rings. The molecule has 0 atom stereocenters. The van der Waals surface area contributed by atoms with Gasteiger partial charge in [-0.25, -0.2) is 9.78 Å². The lowest BCUT2D eigenvalue weighted by Gasteiger charge is -1.94. The number of carboxylic acid groups (broad SMARTS) is 1. The Kier molecular flexibility index (Phi) is 1.94. The van der Waals surface area contributed by atoms with Crippen LogP contribution in [0.4, 0.5) is 0 Å². The number of aliphatic hydroxyl groups is 1. The summed E-state index contributed by atoms with van der Waals surface area (Å²) in [5.41, 5.74) is 0.996. The third kappa shape index (κ3) is 1.14. The second-order valence-corrected chi connectivity index (χ2v) is 2.80. The largest absolute Gasteiger partial charge is 0.475 e. The molecule has 0 aliphatic carbocycles. The van der Waals surface area contributed by atoms with E-state index in [0.29, 0.717) is 11.2 Å². The van der Waals surface area contributed by atoms with Crippen molar-refractivity contribution in [2.45, 2.75) is 6.61 Å². The van der Waals surface area contributed by atoms with Crippen LogP contribution in [0.2, 0.25) is 0 Å². The quantitative estimate of drug-likeness (QED) is 0.727. The molecule has 2 N–H and O–H groups in total. The predicted molar refractivity (Wildman–Crippen MR) is 48.1 cm³/mol. The zero-order chi connectivity index (χ0) is 10.1. The van der Waals surface area contributed by atoms with Crippen LogP contribution in [0.15, 0.2) is 24.4 Å². The molecule has 2 rings (SSSR count). The third-order valence-corrected chi connectivity index (χ3v) is 1.97. The van der Waals surface area contributed by atoms with Crippen LogP contribution in [-0.2, 0) is 6.61 Å². The van der Waals surface area contributed by atoms with Gasteiger partial charge >= 0.3 is 5.97 Å². The zero-order valence-corrected chi connectivity index (χ0v) is 7.21. The molecule has 0 unspecified atom stereocenters. The summed E-state index contributed by atoms with van der Waals surface area (Å²) in [5, 5.41) is 17.8. The molecule has 0 radical (unpaired) electrons. The normalized spacial score (nSPS) is 10.6. The third-order valence-electron chi connectivity index (χ3n) is 1.97. The zero-order valence-electron chi connectivity index (χ0n) is 7.21. The standard InChI is InChI=1S/C9H8N2O3/c12-5-6-7-3-1-2-4-11(7)8(10-6)9(13)14/h1-4,12H,5H2,(H,13,14). The van der Waals surface area contributed by atoms with Gasteiger partial charge in [-0.2, -0.15) is 0 Å². The summed E-state index contributed by atoms with van der Waals surface area (Å²) >= 11 is 0. The van der Waals surface area contributed by atoms with Crippen LogP contribution in [0.25, 0.3) is 5.52 Å². The molecule has 0 aromatic carbocycles. The molecule has 14 heavy (non-hydrogen) atoms. The molecular weight excluding hydrogens is 184 g/mol. The molecule has 0 spiro atoms. The fourth-order valence-electron chi connectivity index (χ4n) is 1.37. The van der Waals surface area contributed by atoms with Crippen molar-refractivity contribution in [1.29, 1.82) is 0 Å². The fourth-order valence-corrected chi connectivity index (χ4v) is 1.37. The number of pyridine rings is 1. The van der Waals surface area contributed by atoms with Crippen LogP contribution in [0.1, 0.15) is 16.3 Å². The molecular formula is C9H8N2O3. The van der Waals surface area contributed by atoms with Gasteiger partial charge in [-0.05, 0) is 12.1 Å². The monoisotopic (exact) mass is 192 g/mol. The van der Waals surface area contributed by atoms with Crippen molar-refractivity contribution in [2.24, 2.45) is 0 Å². The van der Waals surface area contributed by atoms with Crippen LogP contribution in [-0.4, -0.2) is 25.6 Å². The highest BCUT2D eigenvalue weighted by atomic mass is 16.4. The van der Waals surface area contributed by atoms with E-state index >= 15 is 0 Å². The van der Waals surface area contributed by atoms with Crippen molar-refractivity contribution in [2.75, 3.05) is 0 Å². The maximum Gasteiger partial charge on any atom is 0.372 e. The molecule has 5 nitrogen and oxygen atoms in total. The van der Waals surface area contributed by atoms with E-state index < -0.39 is 5.97 Å². The van der Waals surface area contributed by atoms with Gasteiger partial charge in [0.05, 0.1) is 17.8 Å². The van der Waals surface area contributed by atoms with Crippen LogP contribution in [0, 0.1) is 0 Å². The molecule has 0 fully saturated rings. The van der Waals surface area contributed by atoms with Gasteiger partial charge in [0.2, 0.25) is 5.82 Å². The van der Waals surface area contributed by atoms with E-state index in [2.05, 4.69) is 4.98 Å². The highest BCUT2D eigenvalue weighted by molar-refractivity contribution is 5.85. The van der Waals surface area contributed by atoms with Gasteiger partial charge in [-0.1, -0.05) is 6.07 Å². The van der Waals surface area contributed by atoms with Crippen molar-refractivity contribution in [3.05, 3.63) is 35.9 Å². The van der Waals surface area contributed by atoms with E-state index in [0.717, 1.165) is 0 Å². The van der Waals surface area contributed by atoms with E-state index in [-0.39, 0.29) is 12.4 Å². The molecule has 2 aromatic heterocycles. The van der Waals surface area contributed by atoms with Crippen molar-refractivity contribution in [3.63, 3.8) is 0 Å². The highest BCUT2D eigenvalue weighted by Crippen LogP contribution is 2.12. The summed E-state index contributed by atoms with van der Waals surface area (Å²) in [6.07, 6.45) is 1.60. The Hall–Kier alpha value is -1.88. The molecule has 0 amide bonds. The van der Waals surface area contributed by atoms with Crippen LogP contribution >= 0.6 is 0 Å². The molecule has 0 aliphatic heterocycles. The first-order valence-corrected chi connectivity index (χ1v) is 4.04. The Morgan fingerprint density at radius 3 is 2.93 bits per heavy atom. The van der Waals surface area contributed by atoms with Gasteiger partial charge < -0.3 is 10.2 Å². The van der Waals surface area contributed by atoms with Crippen molar-refractivity contribution < 1.29 is 15.0 Å². The minimum Gasteiger partial charge on any atom is -0.475 e. The molecule has 2 heterocycles. The second-order valence-electron chi connectivity index (χ2n) is 2.80. The number of aromatic carboxylic acids is 1. The van der Waals surface area contributed by atoms with Crippen LogP contribution < -0.4 is 0 Å². The SMILES string of the molecule is O=C(O)c1nc(CO)c2ccccn12. The lowest BCUT2D eigenvalue weighted by atomic mass is 10.3. The average molecular weight is 192 g/mol. The van der Waals surface area contributed by atoms with Crippen LogP contribution in [0.5, 0.6) is 0 Å².